The maximum Gasteiger partial charge on any atom is 0.178 e. The fourth-order valence-electron chi connectivity index (χ4n) is 3.24. The highest BCUT2D eigenvalue weighted by atomic mass is 32.2. The lowest BCUT2D eigenvalue weighted by atomic mass is 9.81. The standard InChI is InChI=1S/C19H23NO3S/c1-19(21)11-9-15(10-12-19)14-24(22,23)17-7-5-16(6-8-17)18-4-2-3-13-20-18/h2-8,13,15,21H,9-12,14H2,1H3. The van der Waals surface area contributed by atoms with E-state index >= 15 is 0 Å². The van der Waals surface area contributed by atoms with Gasteiger partial charge in [0, 0.05) is 11.8 Å². The summed E-state index contributed by atoms with van der Waals surface area (Å²) in [6, 6.07) is 12.6. The van der Waals surface area contributed by atoms with Gasteiger partial charge in [-0.15, -0.1) is 0 Å². The molecule has 0 saturated heterocycles. The van der Waals surface area contributed by atoms with E-state index in [-0.39, 0.29) is 11.7 Å². The Morgan fingerprint density at radius 2 is 1.79 bits per heavy atom. The number of pyridine rings is 1. The zero-order chi connectivity index (χ0) is 17.2. The summed E-state index contributed by atoms with van der Waals surface area (Å²) >= 11 is 0. The second-order valence-corrected chi connectivity index (χ2v) is 9.00. The van der Waals surface area contributed by atoms with Crippen molar-refractivity contribution in [2.24, 2.45) is 5.92 Å². The zero-order valence-electron chi connectivity index (χ0n) is 13.9. The molecule has 1 N–H and O–H groups in total. The maximum atomic E-state index is 12.6. The van der Waals surface area contributed by atoms with Gasteiger partial charge < -0.3 is 5.11 Å². The van der Waals surface area contributed by atoms with E-state index in [2.05, 4.69) is 4.98 Å². The first kappa shape index (κ1) is 17.1. The number of hydrogen-bond acceptors (Lipinski definition) is 4. The summed E-state index contributed by atoms with van der Waals surface area (Å²) in [5.74, 6) is 0.289. The molecule has 24 heavy (non-hydrogen) atoms. The monoisotopic (exact) mass is 345 g/mol. The molecule has 0 amide bonds. The van der Waals surface area contributed by atoms with Crippen LogP contribution in [0, 0.1) is 5.92 Å². The summed E-state index contributed by atoms with van der Waals surface area (Å²) in [7, 11) is -3.30. The van der Waals surface area contributed by atoms with Gasteiger partial charge in [0.05, 0.1) is 21.9 Å². The van der Waals surface area contributed by atoms with Crippen molar-refractivity contribution in [3.8, 4) is 11.3 Å². The molecule has 1 aromatic heterocycles. The van der Waals surface area contributed by atoms with E-state index in [1.807, 2.05) is 25.1 Å². The minimum absolute atomic E-state index is 0.130. The highest BCUT2D eigenvalue weighted by molar-refractivity contribution is 7.91. The van der Waals surface area contributed by atoms with E-state index in [9.17, 15) is 13.5 Å². The minimum atomic E-state index is -3.30. The van der Waals surface area contributed by atoms with Crippen LogP contribution in [0.25, 0.3) is 11.3 Å². The number of nitrogens with zero attached hydrogens (tertiary/aromatic N) is 1. The van der Waals surface area contributed by atoms with E-state index in [1.54, 1.807) is 30.5 Å². The van der Waals surface area contributed by atoms with Gasteiger partial charge in [0.1, 0.15) is 0 Å². The van der Waals surface area contributed by atoms with E-state index in [0.29, 0.717) is 17.7 Å². The molecule has 1 aliphatic rings. The molecule has 0 spiro atoms. The van der Waals surface area contributed by atoms with Gasteiger partial charge in [-0.3, -0.25) is 4.98 Å². The van der Waals surface area contributed by atoms with Crippen LogP contribution < -0.4 is 0 Å². The first-order chi connectivity index (χ1) is 11.4. The van der Waals surface area contributed by atoms with E-state index in [0.717, 1.165) is 24.1 Å². The summed E-state index contributed by atoms with van der Waals surface area (Å²) in [4.78, 5) is 4.64. The van der Waals surface area contributed by atoms with Gasteiger partial charge in [0.2, 0.25) is 0 Å². The topological polar surface area (TPSA) is 67.3 Å². The van der Waals surface area contributed by atoms with Crippen molar-refractivity contribution in [3.63, 3.8) is 0 Å². The molecule has 1 fully saturated rings. The lowest BCUT2D eigenvalue weighted by Crippen LogP contribution is -2.32. The third-order valence-electron chi connectivity index (χ3n) is 4.81. The highest BCUT2D eigenvalue weighted by Crippen LogP contribution is 2.33. The minimum Gasteiger partial charge on any atom is -0.390 e. The van der Waals surface area contributed by atoms with Crippen molar-refractivity contribution in [1.82, 2.24) is 4.98 Å². The predicted octanol–water partition coefficient (Wildman–Crippen LogP) is 3.46. The molecular formula is C19H23NO3S. The van der Waals surface area contributed by atoms with Crippen LogP contribution in [-0.4, -0.2) is 29.9 Å². The van der Waals surface area contributed by atoms with Crippen LogP contribution in [0.1, 0.15) is 32.6 Å². The molecule has 1 heterocycles. The van der Waals surface area contributed by atoms with Crippen molar-refractivity contribution in [2.75, 3.05) is 5.75 Å². The van der Waals surface area contributed by atoms with Crippen molar-refractivity contribution in [3.05, 3.63) is 48.7 Å². The summed E-state index contributed by atoms with van der Waals surface area (Å²) in [6.45, 7) is 1.83. The number of sulfone groups is 1. The van der Waals surface area contributed by atoms with Crippen molar-refractivity contribution in [1.29, 1.82) is 0 Å². The Balaban J connectivity index is 1.71. The third-order valence-corrected chi connectivity index (χ3v) is 6.71. The van der Waals surface area contributed by atoms with Crippen LogP contribution in [0.2, 0.25) is 0 Å². The largest absolute Gasteiger partial charge is 0.390 e. The molecule has 0 unspecified atom stereocenters. The Kier molecular flexibility index (Phi) is 4.74. The van der Waals surface area contributed by atoms with Gasteiger partial charge >= 0.3 is 0 Å². The van der Waals surface area contributed by atoms with Crippen molar-refractivity contribution in [2.45, 2.75) is 43.1 Å². The summed E-state index contributed by atoms with van der Waals surface area (Å²) in [5.41, 5.74) is 1.10. The summed E-state index contributed by atoms with van der Waals surface area (Å²) < 4.78 is 25.3. The molecular weight excluding hydrogens is 322 g/mol. The van der Waals surface area contributed by atoms with Crippen LogP contribution in [-0.2, 0) is 9.84 Å². The molecule has 5 heteroatoms. The molecule has 3 rings (SSSR count). The average Bonchev–Trinajstić information content (AvgIpc) is 2.58. The van der Waals surface area contributed by atoms with E-state index in [1.165, 1.54) is 0 Å². The maximum absolute atomic E-state index is 12.6. The van der Waals surface area contributed by atoms with Crippen molar-refractivity contribution < 1.29 is 13.5 Å². The molecule has 128 valence electrons. The van der Waals surface area contributed by atoms with Crippen LogP contribution in [0.3, 0.4) is 0 Å². The number of aromatic nitrogens is 1. The van der Waals surface area contributed by atoms with Crippen LogP contribution >= 0.6 is 0 Å². The quantitative estimate of drug-likeness (QED) is 0.921. The summed E-state index contributed by atoms with van der Waals surface area (Å²) in [5, 5.41) is 9.99. The second-order valence-electron chi connectivity index (χ2n) is 6.96. The lowest BCUT2D eigenvalue weighted by Gasteiger charge is -2.32. The van der Waals surface area contributed by atoms with E-state index in [4.69, 9.17) is 0 Å². The fraction of sp³-hybridized carbons (Fsp3) is 0.421. The normalized spacial score (nSPS) is 24.7. The van der Waals surface area contributed by atoms with Gasteiger partial charge in [0.25, 0.3) is 0 Å². The van der Waals surface area contributed by atoms with Gasteiger partial charge in [-0.1, -0.05) is 18.2 Å². The molecule has 1 saturated carbocycles. The van der Waals surface area contributed by atoms with Gasteiger partial charge in [-0.2, -0.15) is 0 Å². The van der Waals surface area contributed by atoms with Crippen LogP contribution in [0.5, 0.6) is 0 Å². The zero-order valence-corrected chi connectivity index (χ0v) is 14.7. The molecule has 0 atom stereocenters. The van der Waals surface area contributed by atoms with Crippen LogP contribution in [0.4, 0.5) is 0 Å². The molecule has 2 aromatic rings. The van der Waals surface area contributed by atoms with Crippen molar-refractivity contribution >= 4 is 9.84 Å². The Bertz CT molecular complexity index is 773. The van der Waals surface area contributed by atoms with E-state index < -0.39 is 15.4 Å². The predicted molar refractivity (Wildman–Crippen MR) is 94.3 cm³/mol. The Hall–Kier alpha value is -1.72. The molecule has 1 aliphatic carbocycles. The van der Waals surface area contributed by atoms with Crippen LogP contribution in [0.15, 0.2) is 53.6 Å². The Morgan fingerprint density at radius 3 is 2.38 bits per heavy atom. The van der Waals surface area contributed by atoms with Gasteiger partial charge in [-0.25, -0.2) is 8.42 Å². The SMILES string of the molecule is CC1(O)CCC(CS(=O)(=O)c2ccc(-c3ccccn3)cc2)CC1. The first-order valence-corrected chi connectivity index (χ1v) is 9.98. The molecule has 0 radical (unpaired) electrons. The molecule has 0 bridgehead atoms. The Morgan fingerprint density at radius 1 is 1.12 bits per heavy atom. The smallest absolute Gasteiger partial charge is 0.178 e. The number of hydrogen-bond donors (Lipinski definition) is 1. The number of benzene rings is 1. The summed E-state index contributed by atoms with van der Waals surface area (Å²) in [6.07, 6.45) is 4.59. The van der Waals surface area contributed by atoms with Gasteiger partial charge in [0.15, 0.2) is 9.84 Å². The Labute approximate surface area is 143 Å². The fourth-order valence-corrected chi connectivity index (χ4v) is 4.94. The molecule has 1 aromatic carbocycles. The number of aliphatic hydroxyl groups is 1. The highest BCUT2D eigenvalue weighted by Gasteiger charge is 2.31. The molecule has 0 aliphatic heterocycles. The average molecular weight is 345 g/mol. The third kappa shape index (κ3) is 4.02. The first-order valence-electron chi connectivity index (χ1n) is 8.32. The number of rotatable bonds is 4. The molecule has 4 nitrogen and oxygen atoms in total. The second kappa shape index (κ2) is 6.65. The van der Waals surface area contributed by atoms with Gasteiger partial charge in [-0.05, 0) is 62.8 Å². The lowest BCUT2D eigenvalue weighted by molar-refractivity contribution is 0.0108.